The summed E-state index contributed by atoms with van der Waals surface area (Å²) in [7, 11) is 0. The van der Waals surface area contributed by atoms with E-state index in [1.54, 1.807) is 0 Å². The van der Waals surface area contributed by atoms with E-state index >= 15 is 0 Å². The summed E-state index contributed by atoms with van der Waals surface area (Å²) in [4.78, 5) is 16.5. The zero-order valence-electron chi connectivity index (χ0n) is 14.4. The Balaban J connectivity index is 1.43. The van der Waals surface area contributed by atoms with Gasteiger partial charge in [0.2, 0.25) is 5.91 Å². The summed E-state index contributed by atoms with van der Waals surface area (Å²) in [6.45, 7) is 2.54. The van der Waals surface area contributed by atoms with Crippen molar-refractivity contribution in [3.8, 4) is 17.0 Å². The van der Waals surface area contributed by atoms with Gasteiger partial charge in [0.15, 0.2) is 5.13 Å². The molecule has 3 aromatic rings. The zero-order chi connectivity index (χ0) is 18.4. The predicted molar refractivity (Wildman–Crippen MR) is 107 cm³/mol. The molecule has 6 heteroatoms. The Kier molecular flexibility index (Phi) is 6.26. The third-order valence-corrected chi connectivity index (χ3v) is 4.74. The second-order valence-corrected chi connectivity index (χ2v) is 7.15. The number of nitrogens with one attached hydrogen (secondary N) is 1. The molecule has 0 spiro atoms. The number of aryl methyl sites for hydroxylation is 1. The Morgan fingerprint density at radius 3 is 2.62 bits per heavy atom. The van der Waals surface area contributed by atoms with Crippen LogP contribution >= 0.6 is 22.9 Å². The molecule has 0 unspecified atom stereocenters. The molecule has 0 radical (unpaired) electrons. The maximum absolute atomic E-state index is 12.0. The van der Waals surface area contributed by atoms with Gasteiger partial charge in [0, 0.05) is 22.4 Å². The number of carbonyl (C=O) groups excluding carboxylic acids is 1. The van der Waals surface area contributed by atoms with Crippen molar-refractivity contribution >= 4 is 34.0 Å². The van der Waals surface area contributed by atoms with Crippen LogP contribution in [0.5, 0.6) is 5.75 Å². The normalized spacial score (nSPS) is 10.5. The van der Waals surface area contributed by atoms with Gasteiger partial charge in [-0.2, -0.15) is 0 Å². The van der Waals surface area contributed by atoms with Gasteiger partial charge >= 0.3 is 0 Å². The number of hydrogen-bond acceptors (Lipinski definition) is 4. The summed E-state index contributed by atoms with van der Waals surface area (Å²) in [6.07, 6.45) is 1.04. The first-order valence-corrected chi connectivity index (χ1v) is 9.57. The minimum Gasteiger partial charge on any atom is -0.494 e. The van der Waals surface area contributed by atoms with Crippen molar-refractivity contribution in [3.63, 3.8) is 0 Å². The minimum absolute atomic E-state index is 0.0606. The first kappa shape index (κ1) is 18.4. The smallest absolute Gasteiger partial charge is 0.226 e. The third-order valence-electron chi connectivity index (χ3n) is 3.73. The Labute approximate surface area is 161 Å². The van der Waals surface area contributed by atoms with E-state index in [4.69, 9.17) is 16.3 Å². The fourth-order valence-corrected chi connectivity index (χ4v) is 3.19. The molecule has 0 bridgehead atoms. The van der Waals surface area contributed by atoms with E-state index in [0.29, 0.717) is 29.6 Å². The fraction of sp³-hybridized carbons (Fsp3) is 0.200. The molecular weight excluding hydrogens is 368 g/mol. The number of anilines is 1. The molecule has 0 fully saturated rings. The van der Waals surface area contributed by atoms with E-state index in [2.05, 4.69) is 10.3 Å². The number of thiazole rings is 1. The molecule has 0 saturated carbocycles. The Morgan fingerprint density at radius 2 is 1.88 bits per heavy atom. The SMILES string of the molecule is Cc1ccc(OCCCC(=O)Nc2nc(-c3ccc(Cl)cc3)cs2)cc1. The standard InChI is InChI=1S/C20H19ClN2O2S/c1-14-4-10-17(11-5-14)25-12-2-3-19(24)23-20-22-18(13-26-20)15-6-8-16(21)9-7-15/h4-11,13H,2-3,12H2,1H3,(H,22,23,24). The van der Waals surface area contributed by atoms with Gasteiger partial charge < -0.3 is 10.1 Å². The molecular formula is C20H19ClN2O2S. The third kappa shape index (κ3) is 5.31. The molecule has 0 aliphatic heterocycles. The number of aromatic nitrogens is 1. The van der Waals surface area contributed by atoms with Crippen LogP contribution < -0.4 is 10.1 Å². The Morgan fingerprint density at radius 1 is 1.15 bits per heavy atom. The molecule has 1 amide bonds. The van der Waals surface area contributed by atoms with Gasteiger partial charge in [-0.15, -0.1) is 11.3 Å². The van der Waals surface area contributed by atoms with E-state index in [0.717, 1.165) is 17.0 Å². The molecule has 26 heavy (non-hydrogen) atoms. The molecule has 4 nitrogen and oxygen atoms in total. The summed E-state index contributed by atoms with van der Waals surface area (Å²) < 4.78 is 5.63. The maximum atomic E-state index is 12.0. The minimum atomic E-state index is -0.0606. The van der Waals surface area contributed by atoms with Crippen LogP contribution in [0.3, 0.4) is 0 Å². The van der Waals surface area contributed by atoms with Crippen molar-refractivity contribution in [1.29, 1.82) is 0 Å². The molecule has 134 valence electrons. The lowest BCUT2D eigenvalue weighted by Crippen LogP contribution is -2.12. The van der Waals surface area contributed by atoms with Crippen LogP contribution in [0.15, 0.2) is 53.9 Å². The van der Waals surface area contributed by atoms with Crippen LogP contribution in [0.25, 0.3) is 11.3 Å². The highest BCUT2D eigenvalue weighted by Gasteiger charge is 2.08. The second-order valence-electron chi connectivity index (χ2n) is 5.86. The van der Waals surface area contributed by atoms with E-state index in [-0.39, 0.29) is 5.91 Å². The summed E-state index contributed by atoms with van der Waals surface area (Å²) in [5.74, 6) is 0.762. The van der Waals surface area contributed by atoms with Crippen LogP contribution in [-0.2, 0) is 4.79 Å². The van der Waals surface area contributed by atoms with Gasteiger partial charge in [-0.3, -0.25) is 4.79 Å². The van der Waals surface area contributed by atoms with Gasteiger partial charge in [-0.1, -0.05) is 41.4 Å². The average Bonchev–Trinajstić information content (AvgIpc) is 3.09. The molecule has 1 aromatic heterocycles. The van der Waals surface area contributed by atoms with Crippen LogP contribution in [0.1, 0.15) is 18.4 Å². The van der Waals surface area contributed by atoms with Crippen LogP contribution in [-0.4, -0.2) is 17.5 Å². The molecule has 3 rings (SSSR count). The molecule has 0 saturated heterocycles. The Hall–Kier alpha value is -2.37. The summed E-state index contributed by atoms with van der Waals surface area (Å²) >= 11 is 7.30. The second kappa shape index (κ2) is 8.83. The number of hydrogen-bond donors (Lipinski definition) is 1. The van der Waals surface area contributed by atoms with E-state index in [1.165, 1.54) is 16.9 Å². The monoisotopic (exact) mass is 386 g/mol. The van der Waals surface area contributed by atoms with Crippen molar-refractivity contribution in [2.24, 2.45) is 0 Å². The van der Waals surface area contributed by atoms with Crippen molar-refractivity contribution in [1.82, 2.24) is 4.98 Å². The molecule has 0 atom stereocenters. The summed E-state index contributed by atoms with van der Waals surface area (Å²) in [5.41, 5.74) is 2.99. The van der Waals surface area contributed by atoms with Gasteiger partial charge in [-0.25, -0.2) is 4.98 Å². The van der Waals surface area contributed by atoms with Crippen molar-refractivity contribution in [3.05, 3.63) is 64.5 Å². The lowest BCUT2D eigenvalue weighted by Gasteiger charge is -2.06. The average molecular weight is 387 g/mol. The first-order chi connectivity index (χ1) is 12.6. The van der Waals surface area contributed by atoms with Crippen LogP contribution in [0, 0.1) is 6.92 Å². The number of halogens is 1. The van der Waals surface area contributed by atoms with Crippen LogP contribution in [0.4, 0.5) is 5.13 Å². The van der Waals surface area contributed by atoms with E-state index in [1.807, 2.05) is 60.8 Å². The van der Waals surface area contributed by atoms with Gasteiger partial charge in [0.1, 0.15) is 5.75 Å². The van der Waals surface area contributed by atoms with Crippen molar-refractivity contribution < 1.29 is 9.53 Å². The number of ether oxygens (including phenoxy) is 1. The lowest BCUT2D eigenvalue weighted by molar-refractivity contribution is -0.116. The highest BCUT2D eigenvalue weighted by atomic mass is 35.5. The lowest BCUT2D eigenvalue weighted by atomic mass is 10.2. The molecule has 1 heterocycles. The van der Waals surface area contributed by atoms with E-state index in [9.17, 15) is 4.79 Å². The van der Waals surface area contributed by atoms with Gasteiger partial charge in [0.25, 0.3) is 0 Å². The fourth-order valence-electron chi connectivity index (χ4n) is 2.32. The first-order valence-electron chi connectivity index (χ1n) is 8.31. The molecule has 0 aliphatic carbocycles. The molecule has 2 aromatic carbocycles. The highest BCUT2D eigenvalue weighted by Crippen LogP contribution is 2.26. The maximum Gasteiger partial charge on any atom is 0.226 e. The van der Waals surface area contributed by atoms with Gasteiger partial charge in [-0.05, 0) is 37.6 Å². The number of nitrogens with zero attached hydrogens (tertiary/aromatic N) is 1. The Bertz CT molecular complexity index is 860. The predicted octanol–water partition coefficient (Wildman–Crippen LogP) is 5.57. The summed E-state index contributed by atoms with van der Waals surface area (Å²) in [6, 6.07) is 15.3. The quantitative estimate of drug-likeness (QED) is 0.540. The van der Waals surface area contributed by atoms with Crippen molar-refractivity contribution in [2.45, 2.75) is 19.8 Å². The van der Waals surface area contributed by atoms with Gasteiger partial charge in [0.05, 0.1) is 12.3 Å². The zero-order valence-corrected chi connectivity index (χ0v) is 15.9. The number of rotatable bonds is 7. The van der Waals surface area contributed by atoms with E-state index < -0.39 is 0 Å². The summed E-state index contributed by atoms with van der Waals surface area (Å²) in [5, 5.41) is 6.03. The van der Waals surface area contributed by atoms with Crippen molar-refractivity contribution in [2.75, 3.05) is 11.9 Å². The number of carbonyl (C=O) groups is 1. The topological polar surface area (TPSA) is 51.2 Å². The highest BCUT2D eigenvalue weighted by molar-refractivity contribution is 7.14. The number of amides is 1. The number of benzene rings is 2. The van der Waals surface area contributed by atoms with Crippen LogP contribution in [0.2, 0.25) is 5.02 Å². The largest absolute Gasteiger partial charge is 0.494 e. The molecule has 1 N–H and O–H groups in total. The molecule has 0 aliphatic rings.